The number of nitrogens with one attached hydrogen (secondary N) is 1. The third-order valence-corrected chi connectivity index (χ3v) is 6.60. The predicted molar refractivity (Wildman–Crippen MR) is 113 cm³/mol. The van der Waals surface area contributed by atoms with E-state index in [1.165, 1.54) is 38.5 Å². The van der Waals surface area contributed by atoms with Gasteiger partial charge in [0.2, 0.25) is 0 Å². The zero-order chi connectivity index (χ0) is 18.5. The number of ether oxygens (including phenoxy) is 1. The Labute approximate surface area is 163 Å². The van der Waals surface area contributed by atoms with Crippen molar-refractivity contribution in [3.63, 3.8) is 0 Å². The van der Waals surface area contributed by atoms with E-state index < -0.39 is 0 Å². The highest BCUT2D eigenvalue weighted by Crippen LogP contribution is 2.30. The van der Waals surface area contributed by atoms with E-state index in [9.17, 15) is 0 Å². The maximum absolute atomic E-state index is 5.64. The molecular weight excluding hydrogens is 342 g/mol. The topological polar surface area (TPSA) is 27.7 Å². The van der Waals surface area contributed by atoms with Crippen LogP contribution >= 0.6 is 12.2 Å². The minimum atomic E-state index is 0.691. The zero-order valence-electron chi connectivity index (χ0n) is 16.4. The van der Waals surface area contributed by atoms with Gasteiger partial charge in [0, 0.05) is 36.9 Å². The summed E-state index contributed by atoms with van der Waals surface area (Å²) in [6.07, 6.45) is 7.95. The van der Waals surface area contributed by atoms with Gasteiger partial charge in [-0.3, -0.25) is 0 Å². The largest absolute Gasteiger partial charge is 0.497 e. The van der Waals surface area contributed by atoms with Gasteiger partial charge in [0.05, 0.1) is 7.11 Å². The molecular formula is C21H33N3OS. The third-order valence-electron chi connectivity index (χ3n) is 6.24. The summed E-state index contributed by atoms with van der Waals surface area (Å²) < 4.78 is 5.29. The first-order chi connectivity index (χ1) is 12.6. The lowest BCUT2D eigenvalue weighted by Crippen LogP contribution is -2.51. The van der Waals surface area contributed by atoms with Crippen LogP contribution in [0.25, 0.3) is 0 Å². The second-order valence-electron chi connectivity index (χ2n) is 7.87. The van der Waals surface area contributed by atoms with Gasteiger partial charge >= 0.3 is 0 Å². The lowest BCUT2D eigenvalue weighted by atomic mass is 9.84. The number of rotatable bonds is 4. The predicted octanol–water partition coefficient (Wildman–Crippen LogP) is 4.37. The van der Waals surface area contributed by atoms with E-state index in [1.807, 2.05) is 24.3 Å². The van der Waals surface area contributed by atoms with Crippen LogP contribution in [0.2, 0.25) is 0 Å². The van der Waals surface area contributed by atoms with Crippen LogP contribution in [0.4, 0.5) is 5.69 Å². The summed E-state index contributed by atoms with van der Waals surface area (Å²) in [6, 6.07) is 9.40. The number of hydrogen-bond donors (Lipinski definition) is 1. The number of benzene rings is 1. The van der Waals surface area contributed by atoms with Crippen LogP contribution in [-0.2, 0) is 0 Å². The van der Waals surface area contributed by atoms with Crippen molar-refractivity contribution in [2.75, 3.05) is 32.6 Å². The van der Waals surface area contributed by atoms with Crippen molar-refractivity contribution < 1.29 is 4.74 Å². The van der Waals surface area contributed by atoms with Crippen molar-refractivity contribution in [3.8, 4) is 5.75 Å². The van der Waals surface area contributed by atoms with Gasteiger partial charge < -0.3 is 19.9 Å². The lowest BCUT2D eigenvalue weighted by Gasteiger charge is -2.44. The van der Waals surface area contributed by atoms with Crippen molar-refractivity contribution in [1.29, 1.82) is 0 Å². The maximum atomic E-state index is 5.64. The average Bonchev–Trinajstić information content (AvgIpc) is 2.68. The van der Waals surface area contributed by atoms with E-state index in [0.29, 0.717) is 6.04 Å². The van der Waals surface area contributed by atoms with Gasteiger partial charge in [0.15, 0.2) is 5.11 Å². The first-order valence-electron chi connectivity index (χ1n) is 10.0. The summed E-state index contributed by atoms with van der Waals surface area (Å²) in [5.74, 6) is 1.68. The molecule has 0 radical (unpaired) electrons. The second kappa shape index (κ2) is 9.05. The number of methoxy groups -OCH3 is 1. The third kappa shape index (κ3) is 4.68. The van der Waals surface area contributed by atoms with E-state index in [0.717, 1.165) is 41.6 Å². The standard InChI is InChI=1S/C21H33N3OS/c1-16-7-4-5-10-20(16)23(2)18-11-13-24(14-12-18)21(26)22-17-8-6-9-19(15-17)25-3/h6,8-9,15-16,18,20H,4-5,7,10-14H2,1-3H3,(H,22,26)/t16-,20+/m1/s1. The molecule has 0 amide bonds. The molecule has 1 aromatic rings. The first kappa shape index (κ1) is 19.4. The van der Waals surface area contributed by atoms with Crippen molar-refractivity contribution in [2.24, 2.45) is 5.92 Å². The van der Waals surface area contributed by atoms with Crippen LogP contribution in [0.5, 0.6) is 5.75 Å². The number of nitrogens with zero attached hydrogens (tertiary/aromatic N) is 2. The summed E-state index contributed by atoms with van der Waals surface area (Å²) >= 11 is 5.64. The quantitative estimate of drug-likeness (QED) is 0.789. The molecule has 0 aromatic heterocycles. The highest BCUT2D eigenvalue weighted by atomic mass is 32.1. The Morgan fingerprint density at radius 2 is 1.92 bits per heavy atom. The Hall–Kier alpha value is -1.33. The zero-order valence-corrected chi connectivity index (χ0v) is 17.2. The number of thiocarbonyl (C=S) groups is 1. The van der Waals surface area contributed by atoms with Crippen LogP contribution in [-0.4, -0.2) is 54.2 Å². The van der Waals surface area contributed by atoms with Crippen molar-refractivity contribution in [1.82, 2.24) is 9.80 Å². The number of hydrogen-bond acceptors (Lipinski definition) is 3. The molecule has 2 atom stereocenters. The molecule has 4 nitrogen and oxygen atoms in total. The van der Waals surface area contributed by atoms with E-state index in [-0.39, 0.29) is 0 Å². The van der Waals surface area contributed by atoms with Gasteiger partial charge in [-0.2, -0.15) is 0 Å². The second-order valence-corrected chi connectivity index (χ2v) is 8.26. The van der Waals surface area contributed by atoms with E-state index >= 15 is 0 Å². The minimum Gasteiger partial charge on any atom is -0.497 e. The fourth-order valence-corrected chi connectivity index (χ4v) is 4.85. The molecule has 5 heteroatoms. The smallest absolute Gasteiger partial charge is 0.173 e. The lowest BCUT2D eigenvalue weighted by molar-refractivity contribution is 0.0691. The van der Waals surface area contributed by atoms with Gasteiger partial charge in [-0.25, -0.2) is 0 Å². The Morgan fingerprint density at radius 1 is 1.19 bits per heavy atom. The van der Waals surface area contributed by atoms with Crippen LogP contribution in [0.1, 0.15) is 45.4 Å². The molecule has 26 heavy (non-hydrogen) atoms. The van der Waals surface area contributed by atoms with Crippen LogP contribution in [0, 0.1) is 5.92 Å². The molecule has 1 aromatic carbocycles. The van der Waals surface area contributed by atoms with Gasteiger partial charge in [-0.15, -0.1) is 0 Å². The highest BCUT2D eigenvalue weighted by molar-refractivity contribution is 7.80. The van der Waals surface area contributed by atoms with Crippen molar-refractivity contribution in [2.45, 2.75) is 57.5 Å². The maximum Gasteiger partial charge on any atom is 0.173 e. The summed E-state index contributed by atoms with van der Waals surface area (Å²) in [4.78, 5) is 4.99. The summed E-state index contributed by atoms with van der Waals surface area (Å²) in [5, 5.41) is 4.19. The van der Waals surface area contributed by atoms with Crippen LogP contribution < -0.4 is 10.1 Å². The molecule has 1 saturated carbocycles. The summed E-state index contributed by atoms with van der Waals surface area (Å²) in [6.45, 7) is 4.50. The first-order valence-corrected chi connectivity index (χ1v) is 10.4. The van der Waals surface area contributed by atoms with E-state index in [4.69, 9.17) is 17.0 Å². The average molecular weight is 376 g/mol. The fourth-order valence-electron chi connectivity index (χ4n) is 4.55. The molecule has 0 bridgehead atoms. The SMILES string of the molecule is COc1cccc(NC(=S)N2CCC(N(C)[C@H]3CCCC[C@H]3C)CC2)c1. The number of likely N-dealkylation sites (tertiary alicyclic amines) is 1. The van der Waals surface area contributed by atoms with Gasteiger partial charge in [-0.05, 0) is 63.0 Å². The van der Waals surface area contributed by atoms with Gasteiger partial charge in [0.25, 0.3) is 0 Å². The molecule has 1 heterocycles. The molecule has 1 saturated heterocycles. The Balaban J connectivity index is 1.50. The molecule has 144 valence electrons. The minimum absolute atomic E-state index is 0.691. The molecule has 1 N–H and O–H groups in total. The number of anilines is 1. The van der Waals surface area contributed by atoms with Crippen LogP contribution in [0.15, 0.2) is 24.3 Å². The molecule has 1 aliphatic heterocycles. The van der Waals surface area contributed by atoms with Crippen molar-refractivity contribution in [3.05, 3.63) is 24.3 Å². The van der Waals surface area contributed by atoms with Gasteiger partial charge in [-0.1, -0.05) is 25.8 Å². The van der Waals surface area contributed by atoms with Crippen molar-refractivity contribution >= 4 is 23.0 Å². The molecule has 1 aliphatic carbocycles. The Morgan fingerprint density at radius 3 is 2.62 bits per heavy atom. The molecule has 2 fully saturated rings. The summed E-state index contributed by atoms with van der Waals surface area (Å²) in [5.41, 5.74) is 0.990. The monoisotopic (exact) mass is 375 g/mol. The Kier molecular flexibility index (Phi) is 6.76. The van der Waals surface area contributed by atoms with E-state index in [2.05, 4.69) is 29.1 Å². The molecule has 3 rings (SSSR count). The molecule has 0 spiro atoms. The van der Waals surface area contributed by atoms with E-state index in [1.54, 1.807) is 7.11 Å². The highest BCUT2D eigenvalue weighted by Gasteiger charge is 2.31. The normalized spacial score (nSPS) is 24.5. The summed E-state index contributed by atoms with van der Waals surface area (Å²) in [7, 11) is 4.03. The van der Waals surface area contributed by atoms with Gasteiger partial charge in [0.1, 0.15) is 5.75 Å². The molecule has 2 aliphatic rings. The fraction of sp³-hybridized carbons (Fsp3) is 0.667. The number of piperidine rings is 1. The Bertz CT molecular complexity index is 601. The van der Waals surface area contributed by atoms with Crippen LogP contribution in [0.3, 0.4) is 0 Å². The molecule has 0 unspecified atom stereocenters.